The zero-order chi connectivity index (χ0) is 21.1. The number of hydrogen-bond acceptors (Lipinski definition) is 0. The van der Waals surface area contributed by atoms with E-state index >= 15 is 0 Å². The summed E-state index contributed by atoms with van der Waals surface area (Å²) in [6.45, 7) is 6.17. The van der Waals surface area contributed by atoms with Gasteiger partial charge in [0, 0.05) is 16.7 Å². The maximum atomic E-state index is 3.16. The van der Waals surface area contributed by atoms with Crippen molar-refractivity contribution in [3.8, 4) is 45.2 Å². The molecule has 0 saturated carbocycles. The van der Waals surface area contributed by atoms with Gasteiger partial charge in [0.05, 0.1) is 0 Å². The first-order valence-corrected chi connectivity index (χ1v) is 10.2. The standard InChI is InChI=1S/C29H26N/c1-5-8-23-9-6-10-24(16-23)27-13-21(2)14-28(18-27)25-11-7-12-26(17-25)29-15-22(3)19-30(4)20-29/h6-7,9-20H,1-4H3/q+1. The summed E-state index contributed by atoms with van der Waals surface area (Å²) >= 11 is 0. The van der Waals surface area contributed by atoms with Crippen LogP contribution < -0.4 is 4.57 Å². The maximum Gasteiger partial charge on any atom is 0.176 e. The zero-order valence-electron chi connectivity index (χ0n) is 18.0. The molecule has 1 aromatic heterocycles. The minimum atomic E-state index is 1.05. The molecule has 0 bridgehead atoms. The van der Waals surface area contributed by atoms with Gasteiger partial charge in [-0.3, -0.25) is 0 Å². The third kappa shape index (κ3) is 4.34. The highest BCUT2D eigenvalue weighted by molar-refractivity contribution is 5.77. The molecule has 0 amide bonds. The molecule has 4 aromatic rings. The van der Waals surface area contributed by atoms with E-state index in [1.54, 1.807) is 0 Å². The second kappa shape index (κ2) is 8.39. The summed E-state index contributed by atoms with van der Waals surface area (Å²) in [6, 6.07) is 26.3. The molecule has 0 unspecified atom stereocenters. The minimum absolute atomic E-state index is 1.05. The SMILES string of the molecule is CC#Cc1cccc(-c2cc(C)cc(-c3cccc(-c4cc(C)c[n+](C)c4)c3)c2)c1. The van der Waals surface area contributed by atoms with Crippen LogP contribution in [-0.4, -0.2) is 0 Å². The van der Waals surface area contributed by atoms with E-state index < -0.39 is 0 Å². The molecule has 3 aromatic carbocycles. The van der Waals surface area contributed by atoms with Crippen LogP contribution in [0.4, 0.5) is 0 Å². The Morgan fingerprint density at radius 2 is 1.17 bits per heavy atom. The predicted octanol–water partition coefficient (Wildman–Crippen LogP) is 6.50. The first-order valence-electron chi connectivity index (χ1n) is 10.2. The lowest BCUT2D eigenvalue weighted by Crippen LogP contribution is -2.27. The van der Waals surface area contributed by atoms with Gasteiger partial charge >= 0.3 is 0 Å². The highest BCUT2D eigenvalue weighted by atomic mass is 14.9. The van der Waals surface area contributed by atoms with Crippen LogP contribution in [0.15, 0.2) is 85.2 Å². The Balaban J connectivity index is 1.78. The summed E-state index contributed by atoms with van der Waals surface area (Å²) in [5.41, 5.74) is 10.9. The molecule has 146 valence electrons. The molecule has 0 aliphatic rings. The van der Waals surface area contributed by atoms with Gasteiger partial charge in [0.1, 0.15) is 7.05 Å². The van der Waals surface area contributed by atoms with E-state index in [1.807, 2.05) is 6.92 Å². The summed E-state index contributed by atoms with van der Waals surface area (Å²) in [6.07, 6.45) is 4.31. The Hall–Kier alpha value is -3.63. The van der Waals surface area contributed by atoms with Crippen molar-refractivity contribution >= 4 is 0 Å². The topological polar surface area (TPSA) is 3.88 Å². The van der Waals surface area contributed by atoms with E-state index in [4.69, 9.17) is 0 Å². The molecule has 1 heterocycles. The van der Waals surface area contributed by atoms with Crippen molar-refractivity contribution in [2.75, 3.05) is 0 Å². The molecular formula is C29H26N+. The average molecular weight is 389 g/mol. The molecule has 30 heavy (non-hydrogen) atoms. The number of aryl methyl sites for hydroxylation is 3. The first kappa shape index (κ1) is 19.7. The van der Waals surface area contributed by atoms with Crippen molar-refractivity contribution in [1.82, 2.24) is 0 Å². The van der Waals surface area contributed by atoms with Crippen molar-refractivity contribution in [2.24, 2.45) is 7.05 Å². The van der Waals surface area contributed by atoms with Gasteiger partial charge in [-0.1, -0.05) is 48.4 Å². The van der Waals surface area contributed by atoms with E-state index in [9.17, 15) is 0 Å². The highest BCUT2D eigenvalue weighted by Gasteiger charge is 2.08. The molecule has 0 fully saturated rings. The Labute approximate surface area is 179 Å². The fourth-order valence-corrected chi connectivity index (χ4v) is 3.97. The van der Waals surface area contributed by atoms with Gasteiger partial charge in [-0.15, -0.1) is 5.92 Å². The summed E-state index contributed by atoms with van der Waals surface area (Å²) in [4.78, 5) is 0. The quantitative estimate of drug-likeness (QED) is 0.279. The van der Waals surface area contributed by atoms with Crippen LogP contribution in [-0.2, 0) is 7.05 Å². The first-order chi connectivity index (χ1) is 14.5. The van der Waals surface area contributed by atoms with Gasteiger partial charge in [0.15, 0.2) is 12.4 Å². The monoisotopic (exact) mass is 388 g/mol. The highest BCUT2D eigenvalue weighted by Crippen LogP contribution is 2.31. The molecule has 0 spiro atoms. The van der Waals surface area contributed by atoms with Crippen LogP contribution in [0.2, 0.25) is 0 Å². The van der Waals surface area contributed by atoms with E-state index in [0.29, 0.717) is 0 Å². The molecular weight excluding hydrogens is 362 g/mol. The van der Waals surface area contributed by atoms with Crippen molar-refractivity contribution in [3.63, 3.8) is 0 Å². The lowest BCUT2D eigenvalue weighted by atomic mass is 9.94. The zero-order valence-corrected chi connectivity index (χ0v) is 18.0. The summed E-state index contributed by atoms with van der Waals surface area (Å²) < 4.78 is 2.12. The molecule has 0 radical (unpaired) electrons. The number of nitrogens with zero attached hydrogens (tertiary/aromatic N) is 1. The van der Waals surface area contributed by atoms with Crippen LogP contribution in [0.5, 0.6) is 0 Å². The molecule has 1 heteroatoms. The Kier molecular flexibility index (Phi) is 5.50. The maximum absolute atomic E-state index is 3.16. The van der Waals surface area contributed by atoms with Gasteiger partial charge in [-0.25, -0.2) is 4.57 Å². The van der Waals surface area contributed by atoms with Crippen molar-refractivity contribution < 1.29 is 4.57 Å². The summed E-state index contributed by atoms with van der Waals surface area (Å²) in [5, 5.41) is 0. The molecule has 0 atom stereocenters. The van der Waals surface area contributed by atoms with Gasteiger partial charge < -0.3 is 0 Å². The Morgan fingerprint density at radius 1 is 0.600 bits per heavy atom. The molecule has 1 nitrogen and oxygen atoms in total. The molecule has 0 N–H and O–H groups in total. The predicted molar refractivity (Wildman–Crippen MR) is 126 cm³/mol. The molecule has 0 aliphatic carbocycles. The van der Waals surface area contributed by atoms with E-state index in [0.717, 1.165) is 5.56 Å². The van der Waals surface area contributed by atoms with Crippen LogP contribution >= 0.6 is 0 Å². The van der Waals surface area contributed by atoms with Gasteiger partial charge in [0.25, 0.3) is 0 Å². The number of hydrogen-bond donors (Lipinski definition) is 0. The lowest BCUT2D eigenvalue weighted by molar-refractivity contribution is -0.671. The Bertz CT molecular complexity index is 1260. The van der Waals surface area contributed by atoms with E-state index in [2.05, 4.69) is 122 Å². The number of pyridine rings is 1. The normalized spacial score (nSPS) is 10.4. The van der Waals surface area contributed by atoms with Crippen LogP contribution in [0.1, 0.15) is 23.6 Å². The third-order valence-electron chi connectivity index (χ3n) is 5.20. The average Bonchev–Trinajstić information content (AvgIpc) is 2.73. The van der Waals surface area contributed by atoms with Crippen molar-refractivity contribution in [2.45, 2.75) is 20.8 Å². The van der Waals surface area contributed by atoms with Gasteiger partial charge in [-0.2, -0.15) is 0 Å². The van der Waals surface area contributed by atoms with Crippen LogP contribution in [0.25, 0.3) is 33.4 Å². The second-order valence-corrected chi connectivity index (χ2v) is 7.89. The number of benzene rings is 3. The molecule has 0 aliphatic heterocycles. The second-order valence-electron chi connectivity index (χ2n) is 7.89. The largest absolute Gasteiger partial charge is 0.207 e. The molecule has 4 rings (SSSR count). The summed E-state index contributed by atoms with van der Waals surface area (Å²) in [5.74, 6) is 6.15. The van der Waals surface area contributed by atoms with Crippen molar-refractivity contribution in [3.05, 3.63) is 102 Å². The fraction of sp³-hybridized carbons (Fsp3) is 0.138. The minimum Gasteiger partial charge on any atom is -0.207 e. The van der Waals surface area contributed by atoms with E-state index in [-0.39, 0.29) is 0 Å². The van der Waals surface area contributed by atoms with E-state index in [1.165, 1.54) is 44.5 Å². The number of aromatic nitrogens is 1. The smallest absolute Gasteiger partial charge is 0.176 e. The van der Waals surface area contributed by atoms with Crippen molar-refractivity contribution in [1.29, 1.82) is 0 Å². The van der Waals surface area contributed by atoms with Crippen LogP contribution in [0.3, 0.4) is 0 Å². The van der Waals surface area contributed by atoms with Gasteiger partial charge in [-0.05, 0) is 84.5 Å². The van der Waals surface area contributed by atoms with Crippen LogP contribution in [0, 0.1) is 25.7 Å². The third-order valence-corrected chi connectivity index (χ3v) is 5.20. The lowest BCUT2D eigenvalue weighted by Gasteiger charge is -2.10. The molecule has 0 saturated heterocycles. The van der Waals surface area contributed by atoms with Gasteiger partial charge in [0.2, 0.25) is 0 Å². The fourth-order valence-electron chi connectivity index (χ4n) is 3.97. The Morgan fingerprint density at radius 3 is 1.83 bits per heavy atom. The number of rotatable bonds is 3. The summed E-state index contributed by atoms with van der Waals surface area (Å²) in [7, 11) is 2.07.